The summed E-state index contributed by atoms with van der Waals surface area (Å²) in [6, 6.07) is 0.147. The highest BCUT2D eigenvalue weighted by atomic mass is 16.1. The van der Waals surface area contributed by atoms with E-state index in [1.807, 2.05) is 14.1 Å². The lowest BCUT2D eigenvalue weighted by atomic mass is 9.99. The Balaban J connectivity index is 2.21. The van der Waals surface area contributed by atoms with E-state index in [1.165, 1.54) is 12.8 Å². The average molecular weight is 184 g/mol. The van der Waals surface area contributed by atoms with E-state index in [-0.39, 0.29) is 6.04 Å². The lowest BCUT2D eigenvalue weighted by Gasteiger charge is -2.22. The highest BCUT2D eigenvalue weighted by molar-refractivity contribution is 5.84. The first-order chi connectivity index (χ1) is 6.20. The van der Waals surface area contributed by atoms with Gasteiger partial charge in [-0.25, -0.2) is 0 Å². The molecule has 0 spiro atoms. The maximum absolute atomic E-state index is 11.6. The Labute approximate surface area is 80.5 Å². The summed E-state index contributed by atoms with van der Waals surface area (Å²) in [4.78, 5) is 13.7. The molecule has 3 heteroatoms. The smallest absolute Gasteiger partial charge is 0.151 e. The number of piperidine rings is 1. The van der Waals surface area contributed by atoms with Crippen LogP contribution in [0.25, 0.3) is 0 Å². The second-order valence-electron chi connectivity index (χ2n) is 4.02. The summed E-state index contributed by atoms with van der Waals surface area (Å²) in [5.41, 5.74) is 0. The van der Waals surface area contributed by atoms with Crippen LogP contribution in [0, 0.1) is 0 Å². The van der Waals surface area contributed by atoms with Gasteiger partial charge in [-0.2, -0.15) is 0 Å². The van der Waals surface area contributed by atoms with Crippen LogP contribution in [0.5, 0.6) is 0 Å². The van der Waals surface area contributed by atoms with Gasteiger partial charge in [0.1, 0.15) is 0 Å². The maximum atomic E-state index is 11.6. The van der Waals surface area contributed by atoms with E-state index in [0.717, 1.165) is 19.5 Å². The van der Waals surface area contributed by atoms with E-state index >= 15 is 0 Å². The van der Waals surface area contributed by atoms with Gasteiger partial charge in [-0.1, -0.05) is 6.42 Å². The molecule has 3 nitrogen and oxygen atoms in total. The number of nitrogens with zero attached hydrogens (tertiary/aromatic N) is 1. The fourth-order valence-electron chi connectivity index (χ4n) is 1.63. The number of carbonyl (C=O) groups excluding carboxylic acids is 1. The molecule has 13 heavy (non-hydrogen) atoms. The summed E-state index contributed by atoms with van der Waals surface area (Å²) in [5.74, 6) is 0.383. The number of carbonyl (C=O) groups is 1. The number of hydrogen-bond donors (Lipinski definition) is 1. The van der Waals surface area contributed by atoms with E-state index in [4.69, 9.17) is 0 Å². The zero-order chi connectivity index (χ0) is 9.68. The van der Waals surface area contributed by atoms with Gasteiger partial charge in [0, 0.05) is 13.0 Å². The molecule has 0 radical (unpaired) electrons. The van der Waals surface area contributed by atoms with Crippen molar-refractivity contribution >= 4 is 5.78 Å². The first-order valence-electron chi connectivity index (χ1n) is 5.11. The number of rotatable bonds is 4. The lowest BCUT2D eigenvalue weighted by molar-refractivity contribution is -0.121. The Hall–Kier alpha value is -0.410. The normalized spacial score (nSPS) is 23.5. The zero-order valence-corrected chi connectivity index (χ0v) is 8.68. The van der Waals surface area contributed by atoms with Gasteiger partial charge in [0.2, 0.25) is 0 Å². The Morgan fingerprint density at radius 3 is 2.77 bits per heavy atom. The zero-order valence-electron chi connectivity index (χ0n) is 8.68. The largest absolute Gasteiger partial charge is 0.309 e. The third-order valence-electron chi connectivity index (χ3n) is 2.50. The van der Waals surface area contributed by atoms with Crippen LogP contribution < -0.4 is 5.32 Å². The minimum absolute atomic E-state index is 0.147. The van der Waals surface area contributed by atoms with Gasteiger partial charge < -0.3 is 10.2 Å². The maximum Gasteiger partial charge on any atom is 0.151 e. The molecule has 0 aliphatic carbocycles. The van der Waals surface area contributed by atoms with Crippen LogP contribution in [0.2, 0.25) is 0 Å². The monoisotopic (exact) mass is 184 g/mol. The Morgan fingerprint density at radius 1 is 1.46 bits per heavy atom. The minimum Gasteiger partial charge on any atom is -0.309 e. The van der Waals surface area contributed by atoms with Crippen LogP contribution >= 0.6 is 0 Å². The van der Waals surface area contributed by atoms with Crippen molar-refractivity contribution in [3.05, 3.63) is 0 Å². The number of Topliss-reactive ketones (excluding diaryl/α,β-unsaturated/α-hetero) is 1. The molecule has 0 amide bonds. The summed E-state index contributed by atoms with van der Waals surface area (Å²) >= 11 is 0. The number of ketones is 1. The van der Waals surface area contributed by atoms with E-state index in [0.29, 0.717) is 12.2 Å². The molecule has 0 saturated carbocycles. The fourth-order valence-corrected chi connectivity index (χ4v) is 1.63. The van der Waals surface area contributed by atoms with Crippen molar-refractivity contribution in [1.29, 1.82) is 0 Å². The summed E-state index contributed by atoms with van der Waals surface area (Å²) in [5, 5.41) is 3.27. The summed E-state index contributed by atoms with van der Waals surface area (Å²) < 4.78 is 0. The molecule has 1 saturated heterocycles. The van der Waals surface area contributed by atoms with Crippen LogP contribution in [0.3, 0.4) is 0 Å². The van der Waals surface area contributed by atoms with Crippen molar-refractivity contribution in [2.75, 3.05) is 27.2 Å². The fraction of sp³-hybridized carbons (Fsp3) is 0.900. The number of nitrogens with one attached hydrogen (secondary N) is 1. The van der Waals surface area contributed by atoms with Crippen molar-refractivity contribution in [1.82, 2.24) is 10.2 Å². The third-order valence-corrected chi connectivity index (χ3v) is 2.50. The van der Waals surface area contributed by atoms with Crippen molar-refractivity contribution in [3.8, 4) is 0 Å². The predicted octanol–water partition coefficient (Wildman–Crippen LogP) is 0.649. The van der Waals surface area contributed by atoms with Crippen LogP contribution in [0.1, 0.15) is 25.7 Å². The van der Waals surface area contributed by atoms with Gasteiger partial charge in [-0.05, 0) is 33.5 Å². The van der Waals surface area contributed by atoms with Crippen molar-refractivity contribution in [3.63, 3.8) is 0 Å². The molecule has 0 aromatic rings. The SMILES string of the molecule is CN(C)CCC(=O)C1CCCCN1. The quantitative estimate of drug-likeness (QED) is 0.696. The van der Waals surface area contributed by atoms with Crippen molar-refractivity contribution < 1.29 is 4.79 Å². The molecule has 76 valence electrons. The molecule has 1 unspecified atom stereocenters. The first kappa shape index (κ1) is 10.7. The molecule has 1 aliphatic heterocycles. The highest BCUT2D eigenvalue weighted by Gasteiger charge is 2.19. The van der Waals surface area contributed by atoms with Crippen LogP contribution in [-0.4, -0.2) is 43.9 Å². The topological polar surface area (TPSA) is 32.3 Å². The molecule has 1 heterocycles. The summed E-state index contributed by atoms with van der Waals surface area (Å²) in [6.45, 7) is 1.88. The second kappa shape index (κ2) is 5.35. The van der Waals surface area contributed by atoms with E-state index in [1.54, 1.807) is 0 Å². The molecular weight excluding hydrogens is 164 g/mol. The highest BCUT2D eigenvalue weighted by Crippen LogP contribution is 2.09. The molecule has 1 fully saturated rings. The summed E-state index contributed by atoms with van der Waals surface area (Å²) in [7, 11) is 4.00. The minimum atomic E-state index is 0.147. The first-order valence-corrected chi connectivity index (χ1v) is 5.11. The Morgan fingerprint density at radius 2 is 2.23 bits per heavy atom. The summed E-state index contributed by atoms with van der Waals surface area (Å²) in [6.07, 6.45) is 4.14. The van der Waals surface area contributed by atoms with Crippen LogP contribution in [-0.2, 0) is 4.79 Å². The van der Waals surface area contributed by atoms with Gasteiger partial charge >= 0.3 is 0 Å². The Bertz CT molecular complexity index is 162. The molecule has 1 N–H and O–H groups in total. The third kappa shape index (κ3) is 3.87. The number of hydrogen-bond acceptors (Lipinski definition) is 3. The molecular formula is C10H20N2O. The molecule has 1 atom stereocenters. The molecule has 1 rings (SSSR count). The average Bonchev–Trinajstić information content (AvgIpc) is 2.15. The van der Waals surface area contributed by atoms with E-state index in [2.05, 4.69) is 10.2 Å². The van der Waals surface area contributed by atoms with Gasteiger partial charge in [0.25, 0.3) is 0 Å². The van der Waals surface area contributed by atoms with Crippen LogP contribution in [0.15, 0.2) is 0 Å². The van der Waals surface area contributed by atoms with Crippen molar-refractivity contribution in [2.24, 2.45) is 0 Å². The molecule has 0 bridgehead atoms. The van der Waals surface area contributed by atoms with E-state index < -0.39 is 0 Å². The standard InChI is InChI=1S/C10H20N2O/c1-12(2)8-6-10(13)9-5-3-4-7-11-9/h9,11H,3-8H2,1-2H3. The molecule has 1 aliphatic rings. The second-order valence-corrected chi connectivity index (χ2v) is 4.02. The Kier molecular flexibility index (Phi) is 4.39. The van der Waals surface area contributed by atoms with Crippen molar-refractivity contribution in [2.45, 2.75) is 31.7 Å². The molecule has 0 aromatic heterocycles. The van der Waals surface area contributed by atoms with Crippen LogP contribution in [0.4, 0.5) is 0 Å². The lowest BCUT2D eigenvalue weighted by Crippen LogP contribution is -2.41. The van der Waals surface area contributed by atoms with Gasteiger partial charge in [-0.15, -0.1) is 0 Å². The predicted molar refractivity (Wildman–Crippen MR) is 53.8 cm³/mol. The van der Waals surface area contributed by atoms with Gasteiger partial charge in [-0.3, -0.25) is 4.79 Å². The van der Waals surface area contributed by atoms with E-state index in [9.17, 15) is 4.79 Å². The molecule has 0 aromatic carbocycles. The van der Waals surface area contributed by atoms with Gasteiger partial charge in [0.05, 0.1) is 6.04 Å². The van der Waals surface area contributed by atoms with Gasteiger partial charge in [0.15, 0.2) is 5.78 Å².